The van der Waals surface area contributed by atoms with Crippen molar-refractivity contribution < 1.29 is 13.9 Å². The van der Waals surface area contributed by atoms with E-state index in [4.69, 9.17) is 26.8 Å². The van der Waals surface area contributed by atoms with Crippen molar-refractivity contribution in [3.8, 4) is 11.5 Å². The minimum atomic E-state index is -0.256. The normalized spacial score (nSPS) is 16.6. The number of hydrogen-bond donors (Lipinski definition) is 1. The van der Waals surface area contributed by atoms with Crippen LogP contribution in [0.4, 0.5) is 10.1 Å². The zero-order valence-corrected chi connectivity index (χ0v) is 11.4. The van der Waals surface area contributed by atoms with Crippen LogP contribution < -0.4 is 15.2 Å². The molecule has 3 rings (SSSR count). The first-order valence-electron chi connectivity index (χ1n) is 6.25. The molecule has 104 valence electrons. The summed E-state index contributed by atoms with van der Waals surface area (Å²) in [5.74, 6) is 0.982. The molecule has 0 aromatic heterocycles. The quantitative estimate of drug-likeness (QED) is 0.882. The lowest BCUT2D eigenvalue weighted by Crippen LogP contribution is -2.22. The van der Waals surface area contributed by atoms with E-state index in [2.05, 4.69) is 0 Å². The summed E-state index contributed by atoms with van der Waals surface area (Å²) in [6.45, 7) is 0.334. The van der Waals surface area contributed by atoms with Gasteiger partial charge in [0.2, 0.25) is 0 Å². The molecular weight excluding hydrogens is 281 g/mol. The Balaban J connectivity index is 1.65. The number of halogens is 2. The predicted molar refractivity (Wildman–Crippen MR) is 75.9 cm³/mol. The fraction of sp³-hybridized carbons (Fsp3) is 0.200. The van der Waals surface area contributed by atoms with Crippen LogP contribution in [0.15, 0.2) is 36.4 Å². The number of rotatable bonds is 3. The lowest BCUT2D eigenvalue weighted by molar-refractivity contribution is 0.149. The highest BCUT2D eigenvalue weighted by Crippen LogP contribution is 2.30. The van der Waals surface area contributed by atoms with Crippen molar-refractivity contribution >= 4 is 17.3 Å². The van der Waals surface area contributed by atoms with E-state index >= 15 is 0 Å². The molecule has 1 aliphatic rings. The molecule has 20 heavy (non-hydrogen) atoms. The minimum absolute atomic E-state index is 0.148. The second kappa shape index (κ2) is 5.21. The van der Waals surface area contributed by atoms with Gasteiger partial charge in [-0.3, -0.25) is 0 Å². The second-order valence-corrected chi connectivity index (χ2v) is 5.13. The smallest absolute Gasteiger partial charge is 0.143 e. The van der Waals surface area contributed by atoms with Crippen molar-refractivity contribution in [2.24, 2.45) is 0 Å². The van der Waals surface area contributed by atoms with Gasteiger partial charge in [-0.05, 0) is 30.3 Å². The van der Waals surface area contributed by atoms with Crippen molar-refractivity contribution in [3.05, 3.63) is 52.8 Å². The summed E-state index contributed by atoms with van der Waals surface area (Å²) in [6, 6.07) is 9.57. The van der Waals surface area contributed by atoms with Crippen molar-refractivity contribution in [3.63, 3.8) is 0 Å². The van der Waals surface area contributed by atoms with E-state index < -0.39 is 0 Å². The Morgan fingerprint density at radius 3 is 3.00 bits per heavy atom. The van der Waals surface area contributed by atoms with Gasteiger partial charge >= 0.3 is 0 Å². The molecule has 1 aliphatic heterocycles. The van der Waals surface area contributed by atoms with Gasteiger partial charge < -0.3 is 15.2 Å². The Bertz CT molecular complexity index is 648. The molecule has 0 bridgehead atoms. The van der Waals surface area contributed by atoms with Gasteiger partial charge in [-0.1, -0.05) is 11.6 Å². The van der Waals surface area contributed by atoms with Crippen molar-refractivity contribution in [1.29, 1.82) is 0 Å². The van der Waals surface area contributed by atoms with Gasteiger partial charge in [-0.2, -0.15) is 0 Å². The molecule has 3 nitrogen and oxygen atoms in total. The van der Waals surface area contributed by atoms with Crippen LogP contribution in [0.25, 0.3) is 0 Å². The highest BCUT2D eigenvalue weighted by molar-refractivity contribution is 6.30. The summed E-state index contributed by atoms with van der Waals surface area (Å²) in [4.78, 5) is 0. The molecule has 0 saturated heterocycles. The first-order chi connectivity index (χ1) is 9.61. The molecule has 1 heterocycles. The van der Waals surface area contributed by atoms with Crippen LogP contribution in [-0.4, -0.2) is 12.7 Å². The lowest BCUT2D eigenvalue weighted by atomic mass is 10.1. The number of nitrogen functional groups attached to an aromatic ring is 1. The number of ether oxygens (including phenoxy) is 2. The first-order valence-corrected chi connectivity index (χ1v) is 6.62. The lowest BCUT2D eigenvalue weighted by Gasteiger charge is -2.13. The topological polar surface area (TPSA) is 44.5 Å². The predicted octanol–water partition coefficient (Wildman–Crippen LogP) is 3.44. The molecule has 0 radical (unpaired) electrons. The Labute approximate surface area is 121 Å². The van der Waals surface area contributed by atoms with Gasteiger partial charge in [0.15, 0.2) is 0 Å². The molecule has 0 fully saturated rings. The van der Waals surface area contributed by atoms with Gasteiger partial charge in [0.05, 0.1) is 5.69 Å². The largest absolute Gasteiger partial charge is 0.488 e. The Morgan fingerprint density at radius 2 is 2.15 bits per heavy atom. The molecule has 0 aliphatic carbocycles. The summed E-state index contributed by atoms with van der Waals surface area (Å²) in [6.07, 6.45) is 0.471. The molecule has 0 amide bonds. The van der Waals surface area contributed by atoms with Crippen LogP contribution in [0.5, 0.6) is 11.5 Å². The zero-order chi connectivity index (χ0) is 14.1. The molecule has 1 atom stereocenters. The molecule has 2 aromatic carbocycles. The number of nitrogens with two attached hydrogens (primary N) is 1. The van der Waals surface area contributed by atoms with E-state index in [1.807, 2.05) is 0 Å². The van der Waals surface area contributed by atoms with Crippen LogP contribution in [0, 0.1) is 5.82 Å². The van der Waals surface area contributed by atoms with Gasteiger partial charge in [-0.25, -0.2) is 4.39 Å². The number of anilines is 1. The average Bonchev–Trinajstić information content (AvgIpc) is 2.81. The maximum absolute atomic E-state index is 13.1. The van der Waals surface area contributed by atoms with Gasteiger partial charge in [-0.15, -0.1) is 0 Å². The molecule has 2 aromatic rings. The Hall–Kier alpha value is -1.94. The van der Waals surface area contributed by atoms with Crippen LogP contribution in [0.3, 0.4) is 0 Å². The van der Waals surface area contributed by atoms with E-state index in [1.54, 1.807) is 24.3 Å². The Kier molecular flexibility index (Phi) is 3.40. The third-order valence-corrected chi connectivity index (χ3v) is 3.40. The SMILES string of the molecule is Nc1ccc(Cl)cc1OCC1Cc2cc(F)ccc2O1. The molecular formula is C15H13ClFNO2. The first kappa shape index (κ1) is 13.1. The maximum Gasteiger partial charge on any atom is 0.143 e. The highest BCUT2D eigenvalue weighted by Gasteiger charge is 2.24. The third kappa shape index (κ3) is 2.65. The zero-order valence-electron chi connectivity index (χ0n) is 10.6. The van der Waals surface area contributed by atoms with Crippen molar-refractivity contribution in [2.75, 3.05) is 12.3 Å². The molecule has 0 saturated carbocycles. The summed E-state index contributed by atoms with van der Waals surface area (Å²) in [5.41, 5.74) is 7.19. The fourth-order valence-corrected chi connectivity index (χ4v) is 2.36. The molecule has 5 heteroatoms. The summed E-state index contributed by atoms with van der Waals surface area (Å²) >= 11 is 5.89. The fourth-order valence-electron chi connectivity index (χ4n) is 2.20. The number of fused-ring (bicyclic) bond motifs is 1. The number of hydrogen-bond acceptors (Lipinski definition) is 3. The van der Waals surface area contributed by atoms with E-state index in [0.717, 1.165) is 5.56 Å². The van der Waals surface area contributed by atoms with E-state index in [9.17, 15) is 4.39 Å². The van der Waals surface area contributed by atoms with Gasteiger partial charge in [0.1, 0.15) is 30.0 Å². The van der Waals surface area contributed by atoms with Gasteiger partial charge in [0.25, 0.3) is 0 Å². The standard InChI is InChI=1S/C15H13ClFNO2/c16-10-1-3-13(18)15(7-10)19-8-12-6-9-5-11(17)2-4-14(9)20-12/h1-5,7,12H,6,8,18H2. The van der Waals surface area contributed by atoms with Crippen molar-refractivity contribution in [1.82, 2.24) is 0 Å². The second-order valence-electron chi connectivity index (χ2n) is 4.69. The minimum Gasteiger partial charge on any atom is -0.488 e. The van der Waals surface area contributed by atoms with Crippen LogP contribution in [-0.2, 0) is 6.42 Å². The maximum atomic E-state index is 13.1. The summed E-state index contributed by atoms with van der Waals surface area (Å²) in [5, 5.41) is 0.562. The highest BCUT2D eigenvalue weighted by atomic mass is 35.5. The van der Waals surface area contributed by atoms with E-state index in [1.165, 1.54) is 12.1 Å². The Morgan fingerprint density at radius 1 is 1.30 bits per heavy atom. The summed E-state index contributed by atoms with van der Waals surface area (Å²) in [7, 11) is 0. The van der Waals surface area contributed by atoms with Crippen LogP contribution in [0.2, 0.25) is 5.02 Å². The molecule has 2 N–H and O–H groups in total. The van der Waals surface area contributed by atoms with Gasteiger partial charge in [0, 0.05) is 23.1 Å². The third-order valence-electron chi connectivity index (χ3n) is 3.16. The van der Waals surface area contributed by atoms with E-state index in [-0.39, 0.29) is 11.9 Å². The average molecular weight is 294 g/mol. The van der Waals surface area contributed by atoms with Crippen LogP contribution >= 0.6 is 11.6 Å². The van der Waals surface area contributed by atoms with E-state index in [0.29, 0.717) is 35.2 Å². The number of benzene rings is 2. The summed E-state index contributed by atoms with van der Waals surface area (Å²) < 4.78 is 24.4. The van der Waals surface area contributed by atoms with Crippen molar-refractivity contribution in [2.45, 2.75) is 12.5 Å². The monoisotopic (exact) mass is 293 g/mol. The van der Waals surface area contributed by atoms with Crippen LogP contribution in [0.1, 0.15) is 5.56 Å². The molecule has 1 unspecified atom stereocenters. The molecule has 0 spiro atoms.